The molecule has 2 bridgehead atoms. The molecule has 4 heterocycles. The normalized spacial score (nSPS) is 18.9. The fourth-order valence-corrected chi connectivity index (χ4v) is 4.64. The van der Waals surface area contributed by atoms with Crippen LogP contribution in [0.2, 0.25) is 0 Å². The van der Waals surface area contributed by atoms with Crippen molar-refractivity contribution in [2.75, 3.05) is 48.4 Å². The summed E-state index contributed by atoms with van der Waals surface area (Å²) >= 11 is 0. The number of aryl methyl sites for hydroxylation is 1. The smallest absolute Gasteiger partial charge is 0.227 e. The van der Waals surface area contributed by atoms with E-state index in [0.29, 0.717) is 18.1 Å². The van der Waals surface area contributed by atoms with Crippen molar-refractivity contribution in [3.05, 3.63) is 54.4 Å². The number of nitrogens with zero attached hydrogens (tertiary/aromatic N) is 4. The number of hydrogen-bond acceptors (Lipinski definition) is 8. The van der Waals surface area contributed by atoms with Gasteiger partial charge in [0.05, 0.1) is 24.4 Å². The average Bonchev–Trinajstić information content (AvgIpc) is 3.49. The SMILES string of the molecule is CCOCCCNc1ccc(-c2ccnc(Nc3ccc(N4CC5CC4CO5)c(C)c3)n2)cn1. The number of benzene rings is 1. The van der Waals surface area contributed by atoms with Crippen LogP contribution in [-0.4, -0.2) is 60.0 Å². The summed E-state index contributed by atoms with van der Waals surface area (Å²) in [5.41, 5.74) is 5.28. The van der Waals surface area contributed by atoms with Crippen LogP contribution in [0.25, 0.3) is 11.3 Å². The van der Waals surface area contributed by atoms with E-state index in [2.05, 4.69) is 50.6 Å². The number of morpholine rings is 1. The molecule has 2 N–H and O–H groups in total. The predicted octanol–water partition coefficient (Wildman–Crippen LogP) is 4.41. The van der Waals surface area contributed by atoms with Gasteiger partial charge < -0.3 is 25.0 Å². The van der Waals surface area contributed by atoms with E-state index in [1.54, 1.807) is 6.20 Å². The lowest BCUT2D eigenvalue weighted by molar-refractivity contribution is 0.0991. The topological polar surface area (TPSA) is 84.4 Å². The average molecular weight is 461 g/mol. The van der Waals surface area contributed by atoms with Crippen LogP contribution in [0.1, 0.15) is 25.3 Å². The number of aromatic nitrogens is 3. The van der Waals surface area contributed by atoms with Gasteiger partial charge in [0.2, 0.25) is 5.95 Å². The highest BCUT2D eigenvalue weighted by molar-refractivity contribution is 5.66. The monoisotopic (exact) mass is 460 g/mol. The van der Waals surface area contributed by atoms with Crippen LogP contribution in [0.4, 0.5) is 23.1 Å². The molecule has 34 heavy (non-hydrogen) atoms. The van der Waals surface area contributed by atoms with Crippen LogP contribution in [0.5, 0.6) is 0 Å². The molecule has 0 saturated carbocycles. The zero-order valence-electron chi connectivity index (χ0n) is 19.8. The number of anilines is 4. The number of hydrogen-bond donors (Lipinski definition) is 2. The quantitative estimate of drug-likeness (QED) is 0.431. The Morgan fingerprint density at radius 3 is 2.85 bits per heavy atom. The van der Waals surface area contributed by atoms with Gasteiger partial charge in [-0.15, -0.1) is 0 Å². The van der Waals surface area contributed by atoms with Crippen molar-refractivity contribution in [2.24, 2.45) is 0 Å². The Kier molecular flexibility index (Phi) is 6.87. The van der Waals surface area contributed by atoms with E-state index in [4.69, 9.17) is 14.5 Å². The molecule has 8 nitrogen and oxygen atoms in total. The largest absolute Gasteiger partial charge is 0.382 e. The zero-order chi connectivity index (χ0) is 23.3. The molecule has 0 radical (unpaired) electrons. The van der Waals surface area contributed by atoms with Gasteiger partial charge in [0, 0.05) is 55.6 Å². The highest BCUT2D eigenvalue weighted by Gasteiger charge is 2.39. The minimum atomic E-state index is 0.387. The van der Waals surface area contributed by atoms with Crippen LogP contribution in [0.15, 0.2) is 48.8 Å². The van der Waals surface area contributed by atoms with E-state index in [0.717, 1.165) is 68.5 Å². The Labute approximate surface area is 200 Å². The maximum Gasteiger partial charge on any atom is 0.227 e. The van der Waals surface area contributed by atoms with Gasteiger partial charge in [-0.25, -0.2) is 15.0 Å². The maximum absolute atomic E-state index is 5.75. The molecule has 2 atom stereocenters. The Hall–Kier alpha value is -3.23. The van der Waals surface area contributed by atoms with Gasteiger partial charge in [0.25, 0.3) is 0 Å². The summed E-state index contributed by atoms with van der Waals surface area (Å²) in [6, 6.07) is 12.8. The second kappa shape index (κ2) is 10.4. The molecule has 2 aromatic heterocycles. The first-order valence-electron chi connectivity index (χ1n) is 12.1. The van der Waals surface area contributed by atoms with Gasteiger partial charge in [-0.2, -0.15) is 0 Å². The standard InChI is InChI=1S/C26H32N6O2/c1-3-33-12-4-10-27-25-8-5-19(15-29-25)23-9-11-28-26(31-23)30-20-6-7-24(18(2)13-20)32-16-22-14-21(32)17-34-22/h5-9,11,13,15,21-22H,3-4,10,12,14,16-17H2,1-2H3,(H,27,29)(H,28,30,31). The first kappa shape index (κ1) is 22.6. The third-order valence-corrected chi connectivity index (χ3v) is 6.35. The van der Waals surface area contributed by atoms with E-state index < -0.39 is 0 Å². The van der Waals surface area contributed by atoms with Gasteiger partial charge in [0.1, 0.15) is 5.82 Å². The van der Waals surface area contributed by atoms with Crippen molar-refractivity contribution in [2.45, 2.75) is 38.8 Å². The molecule has 0 aliphatic carbocycles. The van der Waals surface area contributed by atoms with Gasteiger partial charge in [-0.3, -0.25) is 0 Å². The lowest BCUT2D eigenvalue weighted by Gasteiger charge is -2.30. The third kappa shape index (κ3) is 5.13. The van der Waals surface area contributed by atoms with Crippen LogP contribution in [0.3, 0.4) is 0 Å². The molecule has 2 aliphatic heterocycles. The van der Waals surface area contributed by atoms with E-state index in [1.165, 1.54) is 11.3 Å². The van der Waals surface area contributed by atoms with E-state index in [9.17, 15) is 0 Å². The summed E-state index contributed by atoms with van der Waals surface area (Å²) in [5.74, 6) is 1.41. The summed E-state index contributed by atoms with van der Waals surface area (Å²) in [5, 5.41) is 6.67. The van der Waals surface area contributed by atoms with E-state index >= 15 is 0 Å². The molecule has 2 fully saturated rings. The van der Waals surface area contributed by atoms with Crippen molar-refractivity contribution in [1.82, 2.24) is 15.0 Å². The van der Waals surface area contributed by atoms with E-state index in [-0.39, 0.29) is 0 Å². The van der Waals surface area contributed by atoms with Crippen LogP contribution < -0.4 is 15.5 Å². The number of fused-ring (bicyclic) bond motifs is 2. The van der Waals surface area contributed by atoms with Gasteiger partial charge in [0.15, 0.2) is 0 Å². The van der Waals surface area contributed by atoms with Crippen molar-refractivity contribution in [1.29, 1.82) is 0 Å². The molecule has 2 saturated heterocycles. The highest BCUT2D eigenvalue weighted by Crippen LogP contribution is 2.35. The molecule has 8 heteroatoms. The summed E-state index contributed by atoms with van der Waals surface area (Å²) in [6.45, 7) is 8.33. The van der Waals surface area contributed by atoms with Gasteiger partial charge in [-0.05, 0) is 68.7 Å². The molecule has 5 rings (SSSR count). The fraction of sp³-hybridized carbons (Fsp3) is 0.423. The van der Waals surface area contributed by atoms with Crippen LogP contribution >= 0.6 is 0 Å². The summed E-state index contributed by atoms with van der Waals surface area (Å²) in [6.07, 6.45) is 6.08. The molecule has 2 aliphatic rings. The Morgan fingerprint density at radius 1 is 1.18 bits per heavy atom. The van der Waals surface area contributed by atoms with Gasteiger partial charge in [-0.1, -0.05) is 0 Å². The lowest BCUT2D eigenvalue weighted by atomic mass is 10.1. The molecule has 178 valence electrons. The fourth-order valence-electron chi connectivity index (χ4n) is 4.64. The maximum atomic E-state index is 5.75. The first-order chi connectivity index (χ1) is 16.7. The third-order valence-electron chi connectivity index (χ3n) is 6.35. The molecule has 3 aromatic rings. The molecule has 1 aromatic carbocycles. The predicted molar refractivity (Wildman–Crippen MR) is 135 cm³/mol. The second-order valence-electron chi connectivity index (χ2n) is 8.80. The summed E-state index contributed by atoms with van der Waals surface area (Å²) in [7, 11) is 0. The lowest BCUT2D eigenvalue weighted by Crippen LogP contribution is -2.37. The van der Waals surface area contributed by atoms with Crippen molar-refractivity contribution in [3.8, 4) is 11.3 Å². The molecular weight excluding hydrogens is 428 g/mol. The minimum Gasteiger partial charge on any atom is -0.382 e. The minimum absolute atomic E-state index is 0.387. The number of rotatable bonds is 10. The van der Waals surface area contributed by atoms with Crippen molar-refractivity contribution < 1.29 is 9.47 Å². The Morgan fingerprint density at radius 2 is 2.12 bits per heavy atom. The first-order valence-corrected chi connectivity index (χ1v) is 12.1. The number of nitrogens with one attached hydrogen (secondary N) is 2. The summed E-state index contributed by atoms with van der Waals surface area (Å²) < 4.78 is 11.1. The summed E-state index contributed by atoms with van der Waals surface area (Å²) in [4.78, 5) is 16.1. The van der Waals surface area contributed by atoms with Crippen LogP contribution in [-0.2, 0) is 9.47 Å². The zero-order valence-corrected chi connectivity index (χ0v) is 19.8. The Bertz CT molecular complexity index is 1110. The molecule has 0 amide bonds. The van der Waals surface area contributed by atoms with Crippen LogP contribution in [0, 0.1) is 6.92 Å². The number of ether oxygens (including phenoxy) is 2. The second-order valence-corrected chi connectivity index (χ2v) is 8.80. The molecule has 2 unspecified atom stereocenters. The van der Waals surface area contributed by atoms with Crippen molar-refractivity contribution in [3.63, 3.8) is 0 Å². The van der Waals surface area contributed by atoms with Crippen molar-refractivity contribution >= 4 is 23.1 Å². The van der Waals surface area contributed by atoms with E-state index in [1.807, 2.05) is 31.3 Å². The highest BCUT2D eigenvalue weighted by atomic mass is 16.5. The number of pyridine rings is 1. The molecular formula is C26H32N6O2. The Balaban J connectivity index is 1.22. The molecule has 0 spiro atoms. The van der Waals surface area contributed by atoms with Gasteiger partial charge >= 0.3 is 0 Å².